The fourth-order valence-electron chi connectivity index (χ4n) is 6.22. The van der Waals surface area contributed by atoms with Crippen LogP contribution in [0.4, 0.5) is 0 Å². The number of carboxylic acids is 1. The lowest BCUT2D eigenvalue weighted by molar-refractivity contribution is -0.259. The number of amides is 1. The van der Waals surface area contributed by atoms with E-state index in [9.17, 15) is 34.2 Å². The van der Waals surface area contributed by atoms with Crippen molar-refractivity contribution >= 4 is 29.6 Å². The first-order valence-electron chi connectivity index (χ1n) is 19.7. The number of ether oxygens (including phenoxy) is 3. The van der Waals surface area contributed by atoms with Gasteiger partial charge in [-0.3, -0.25) is 19.2 Å². The molecule has 1 unspecified atom stereocenters. The number of methoxy groups -OCH3 is 1. The molecule has 306 valence electrons. The number of nitrogens with zero attached hydrogens (tertiary/aromatic N) is 1. The first-order valence-corrected chi connectivity index (χ1v) is 19.7. The molecule has 0 aromatic heterocycles. The average Bonchev–Trinajstić information content (AvgIpc) is 3.66. The van der Waals surface area contributed by atoms with Gasteiger partial charge in [-0.2, -0.15) is 5.06 Å². The zero-order valence-electron chi connectivity index (χ0n) is 33.1. The van der Waals surface area contributed by atoms with E-state index in [0.717, 1.165) is 58.5 Å². The first-order chi connectivity index (χ1) is 26.4. The lowest BCUT2D eigenvalue weighted by atomic mass is 9.82. The molecule has 1 aliphatic rings. The number of aliphatic hydroxyl groups is 1. The van der Waals surface area contributed by atoms with Gasteiger partial charge in [0, 0.05) is 32.4 Å². The molecule has 55 heavy (non-hydrogen) atoms. The van der Waals surface area contributed by atoms with Crippen molar-refractivity contribution in [3.8, 4) is 17.6 Å². The monoisotopic (exact) mass is 770 g/mol. The minimum atomic E-state index is -2.94. The minimum absolute atomic E-state index is 0.0237. The van der Waals surface area contributed by atoms with Gasteiger partial charge < -0.3 is 29.7 Å². The molecule has 0 aliphatic carbocycles. The topological polar surface area (TPSA) is 178 Å². The van der Waals surface area contributed by atoms with E-state index in [1.807, 2.05) is 0 Å². The fraction of sp³-hybridized carbons (Fsp3) is 0.643. The van der Waals surface area contributed by atoms with Gasteiger partial charge in [0.15, 0.2) is 5.60 Å². The highest BCUT2D eigenvalue weighted by atomic mass is 16.8. The Morgan fingerprint density at radius 3 is 2.20 bits per heavy atom. The zero-order valence-corrected chi connectivity index (χ0v) is 33.1. The molecule has 1 amide bonds. The number of hydroxylamine groups is 2. The maximum absolute atomic E-state index is 13.9. The van der Waals surface area contributed by atoms with Gasteiger partial charge in [-0.05, 0) is 70.1 Å². The fourth-order valence-corrected chi connectivity index (χ4v) is 6.22. The summed E-state index contributed by atoms with van der Waals surface area (Å²) in [6.45, 7) is 6.84. The quantitative estimate of drug-likeness (QED) is 0.0305. The van der Waals surface area contributed by atoms with Crippen molar-refractivity contribution in [2.75, 3.05) is 26.8 Å². The molecule has 4 atom stereocenters. The molecule has 0 saturated carbocycles. The van der Waals surface area contributed by atoms with Crippen LogP contribution in [-0.2, 0) is 44.7 Å². The van der Waals surface area contributed by atoms with E-state index in [1.54, 1.807) is 42.3 Å². The number of carbonyl (C=O) groups is 5. The molecule has 0 radical (unpaired) electrons. The Labute approximate surface area is 326 Å². The molecule has 1 heterocycles. The number of ketones is 1. The SMILES string of the molecule is CC#CCOc1ccc(C[C@H](NC(=O)[C@@H](/C=C/CCCCCCC(=O)CCCCCCC)[C@@](O)(CC(=O)OC(C)ON2CCCC2)C(=O)O)C(=O)OC)cc1. The Bertz CT molecular complexity index is 1430. The maximum Gasteiger partial charge on any atom is 0.337 e. The van der Waals surface area contributed by atoms with Gasteiger partial charge in [0.25, 0.3) is 0 Å². The van der Waals surface area contributed by atoms with Crippen molar-refractivity contribution in [1.82, 2.24) is 10.4 Å². The van der Waals surface area contributed by atoms with Crippen molar-refractivity contribution in [1.29, 1.82) is 0 Å². The van der Waals surface area contributed by atoms with Crippen molar-refractivity contribution in [3.05, 3.63) is 42.0 Å². The Morgan fingerprint density at radius 2 is 1.60 bits per heavy atom. The maximum atomic E-state index is 13.9. The summed E-state index contributed by atoms with van der Waals surface area (Å²) < 4.78 is 15.8. The van der Waals surface area contributed by atoms with E-state index < -0.39 is 54.1 Å². The summed E-state index contributed by atoms with van der Waals surface area (Å²) >= 11 is 0. The van der Waals surface area contributed by atoms with Crippen LogP contribution in [0.5, 0.6) is 5.75 Å². The second-order valence-corrected chi connectivity index (χ2v) is 13.9. The van der Waals surface area contributed by atoms with Gasteiger partial charge in [0.2, 0.25) is 12.2 Å². The molecule has 1 aliphatic heterocycles. The van der Waals surface area contributed by atoms with Crippen molar-refractivity contribution in [3.63, 3.8) is 0 Å². The third kappa shape index (κ3) is 18.3. The van der Waals surface area contributed by atoms with Crippen LogP contribution in [-0.4, -0.2) is 89.6 Å². The predicted molar refractivity (Wildman–Crippen MR) is 206 cm³/mol. The second-order valence-electron chi connectivity index (χ2n) is 13.9. The minimum Gasteiger partial charge on any atom is -0.481 e. The number of esters is 2. The van der Waals surface area contributed by atoms with Crippen LogP contribution in [0.15, 0.2) is 36.4 Å². The summed E-state index contributed by atoms with van der Waals surface area (Å²) in [4.78, 5) is 70.3. The van der Waals surface area contributed by atoms with E-state index in [2.05, 4.69) is 24.1 Å². The van der Waals surface area contributed by atoms with E-state index in [0.29, 0.717) is 50.1 Å². The summed E-state index contributed by atoms with van der Waals surface area (Å²) in [7, 11) is 1.16. The largest absolute Gasteiger partial charge is 0.481 e. The number of aliphatic carboxylic acids is 1. The molecule has 13 heteroatoms. The average molecular weight is 771 g/mol. The van der Waals surface area contributed by atoms with Gasteiger partial charge in [0.05, 0.1) is 19.4 Å². The Morgan fingerprint density at radius 1 is 0.964 bits per heavy atom. The number of hydrogen-bond acceptors (Lipinski definition) is 11. The molecule has 1 aromatic rings. The highest BCUT2D eigenvalue weighted by Gasteiger charge is 2.50. The van der Waals surface area contributed by atoms with Crippen LogP contribution < -0.4 is 10.1 Å². The van der Waals surface area contributed by atoms with Crippen LogP contribution >= 0.6 is 0 Å². The van der Waals surface area contributed by atoms with E-state index in [-0.39, 0.29) is 18.8 Å². The van der Waals surface area contributed by atoms with E-state index >= 15 is 0 Å². The van der Waals surface area contributed by atoms with Crippen LogP contribution in [0, 0.1) is 17.8 Å². The van der Waals surface area contributed by atoms with Gasteiger partial charge in [-0.15, -0.1) is 5.92 Å². The number of carbonyl (C=O) groups excluding carboxylic acids is 4. The number of hydrogen-bond donors (Lipinski definition) is 3. The van der Waals surface area contributed by atoms with Crippen LogP contribution in [0.1, 0.15) is 123 Å². The van der Waals surface area contributed by atoms with Gasteiger partial charge in [-0.25, -0.2) is 9.59 Å². The highest BCUT2D eigenvalue weighted by Crippen LogP contribution is 2.27. The Hall–Kier alpha value is -4.25. The molecule has 13 nitrogen and oxygen atoms in total. The lowest BCUT2D eigenvalue weighted by Gasteiger charge is -2.30. The van der Waals surface area contributed by atoms with Crippen molar-refractivity contribution in [2.45, 2.75) is 141 Å². The summed E-state index contributed by atoms with van der Waals surface area (Å²) in [5, 5.41) is 26.1. The molecular weight excluding hydrogens is 708 g/mol. The number of unbranched alkanes of at least 4 members (excludes halogenated alkanes) is 8. The molecule has 3 N–H and O–H groups in total. The standard InChI is InChI=1S/C42H62N2O11/c1-5-7-9-12-15-20-34(45)21-16-13-10-11-14-17-22-36(42(51,41(49)50)31-38(46)54-32(3)55-44-27-18-19-28-44)39(47)43-37(40(48)52-4)30-33-23-25-35(26-24-33)53-29-8-6-2/h17,22-26,32,36-37,51H,5,7,9-16,18-21,27-31H2,1-4H3,(H,43,47)(H,49,50)/b22-17+/t32?,36-,37+,42+/m1/s1. The van der Waals surface area contributed by atoms with Gasteiger partial charge in [0.1, 0.15) is 24.2 Å². The van der Waals surface area contributed by atoms with Crippen LogP contribution in [0.2, 0.25) is 0 Å². The predicted octanol–water partition coefficient (Wildman–Crippen LogP) is 5.85. The summed E-state index contributed by atoms with van der Waals surface area (Å²) in [6, 6.07) is 5.52. The summed E-state index contributed by atoms with van der Waals surface area (Å²) in [5.74, 6) is -0.140. The highest BCUT2D eigenvalue weighted by molar-refractivity contribution is 5.95. The van der Waals surface area contributed by atoms with Crippen molar-refractivity contribution < 1.29 is 53.2 Å². The van der Waals surface area contributed by atoms with Gasteiger partial charge in [-0.1, -0.05) is 75.7 Å². The number of allylic oxidation sites excluding steroid dienone is 1. The third-order valence-corrected chi connectivity index (χ3v) is 9.36. The van der Waals surface area contributed by atoms with Crippen LogP contribution in [0.25, 0.3) is 0 Å². The number of benzene rings is 1. The molecule has 0 spiro atoms. The number of nitrogens with one attached hydrogen (secondary N) is 1. The number of Topliss-reactive ketones (excluding diaryl/α,β-unsaturated/α-hetero) is 1. The van der Waals surface area contributed by atoms with Gasteiger partial charge >= 0.3 is 17.9 Å². The van der Waals surface area contributed by atoms with Crippen LogP contribution in [0.3, 0.4) is 0 Å². The second kappa shape index (κ2) is 26.5. The number of rotatable bonds is 28. The molecular formula is C42H62N2O11. The first kappa shape index (κ1) is 46.9. The van der Waals surface area contributed by atoms with E-state index in [1.165, 1.54) is 25.8 Å². The molecule has 0 bridgehead atoms. The summed E-state index contributed by atoms with van der Waals surface area (Å²) in [6.07, 6.45) is 12.8. The molecule has 1 aromatic carbocycles. The molecule has 1 fully saturated rings. The third-order valence-electron chi connectivity index (χ3n) is 9.36. The Kier molecular flexibility index (Phi) is 22.6. The smallest absolute Gasteiger partial charge is 0.337 e. The molecule has 2 rings (SSSR count). The van der Waals surface area contributed by atoms with Crippen molar-refractivity contribution in [2.24, 2.45) is 5.92 Å². The zero-order chi connectivity index (χ0) is 40.5. The Balaban J connectivity index is 2.15. The van der Waals surface area contributed by atoms with E-state index in [4.69, 9.17) is 19.0 Å². The lowest BCUT2D eigenvalue weighted by Crippen LogP contribution is -2.55. The normalized spacial score (nSPS) is 15.6. The molecule has 1 saturated heterocycles. The number of carboxylic acid groups (broad SMARTS) is 1. The summed E-state index contributed by atoms with van der Waals surface area (Å²) in [5.41, 5.74) is -2.31.